The van der Waals surface area contributed by atoms with Gasteiger partial charge >= 0.3 is 0 Å². The highest BCUT2D eigenvalue weighted by atomic mass is 15.2. The summed E-state index contributed by atoms with van der Waals surface area (Å²) in [6.07, 6.45) is 0. The summed E-state index contributed by atoms with van der Waals surface area (Å²) in [5, 5.41) is 2.63. The highest BCUT2D eigenvalue weighted by Gasteiger charge is 2.48. The lowest BCUT2D eigenvalue weighted by Gasteiger charge is -2.51. The Bertz CT molecular complexity index is 2220. The van der Waals surface area contributed by atoms with Crippen molar-refractivity contribution in [2.24, 2.45) is 0 Å². The van der Waals surface area contributed by atoms with Crippen molar-refractivity contribution in [2.45, 2.75) is 77.0 Å². The minimum atomic E-state index is -0.162. The molecule has 0 unspecified atom stereocenters. The Balaban J connectivity index is 1.35. The quantitative estimate of drug-likeness (QED) is 0.166. The van der Waals surface area contributed by atoms with Gasteiger partial charge in [-0.15, -0.1) is 0 Å². The minimum Gasteiger partial charge on any atom is -0.309 e. The largest absolute Gasteiger partial charge is 0.309 e. The van der Waals surface area contributed by atoms with E-state index >= 15 is 0 Å². The molecule has 0 spiro atoms. The highest BCUT2D eigenvalue weighted by Crippen LogP contribution is 2.64. The van der Waals surface area contributed by atoms with Crippen LogP contribution in [0.1, 0.15) is 99.9 Å². The Morgan fingerprint density at radius 2 is 0.583 bits per heavy atom. The van der Waals surface area contributed by atoms with Crippen molar-refractivity contribution in [1.82, 2.24) is 0 Å². The van der Waals surface area contributed by atoms with E-state index in [4.69, 9.17) is 0 Å². The van der Waals surface area contributed by atoms with Crippen LogP contribution in [0, 0.1) is 0 Å². The van der Waals surface area contributed by atoms with Crippen molar-refractivity contribution < 1.29 is 0 Å². The number of para-hydroxylation sites is 4. The molecule has 0 N–H and O–H groups in total. The molecule has 236 valence electrons. The maximum Gasteiger partial charge on any atom is 0.0582 e. The van der Waals surface area contributed by atoms with Gasteiger partial charge in [0.1, 0.15) is 0 Å². The van der Waals surface area contributed by atoms with Crippen LogP contribution < -0.4 is 9.80 Å². The van der Waals surface area contributed by atoms with E-state index in [0.717, 1.165) is 0 Å². The molecule has 0 atom stereocenters. The van der Waals surface area contributed by atoms with Crippen LogP contribution in [0.25, 0.3) is 10.8 Å². The van der Waals surface area contributed by atoms with E-state index in [1.54, 1.807) is 0 Å². The number of benzene rings is 6. The summed E-state index contributed by atoms with van der Waals surface area (Å²) in [6, 6.07) is 42.0. The molecular weight excluding hydrogens is 581 g/mol. The Morgan fingerprint density at radius 1 is 0.292 bits per heavy atom. The molecular formula is C46H42N2. The Hall–Kier alpha value is -4.82. The molecule has 4 aliphatic heterocycles. The molecule has 0 amide bonds. The third-order valence-electron chi connectivity index (χ3n) is 12.8. The van der Waals surface area contributed by atoms with Crippen molar-refractivity contribution in [1.29, 1.82) is 0 Å². The number of anilines is 6. The van der Waals surface area contributed by atoms with Gasteiger partial charge in [-0.3, -0.25) is 0 Å². The second-order valence-electron chi connectivity index (χ2n) is 16.6. The van der Waals surface area contributed by atoms with Gasteiger partial charge < -0.3 is 9.80 Å². The van der Waals surface area contributed by atoms with Crippen LogP contribution in [-0.4, -0.2) is 0 Å². The zero-order chi connectivity index (χ0) is 33.1. The van der Waals surface area contributed by atoms with E-state index < -0.39 is 0 Å². The van der Waals surface area contributed by atoms with Gasteiger partial charge in [-0.05, 0) is 56.6 Å². The van der Waals surface area contributed by atoms with Gasteiger partial charge in [0, 0.05) is 32.4 Å². The van der Waals surface area contributed by atoms with Gasteiger partial charge in [-0.25, -0.2) is 0 Å². The minimum absolute atomic E-state index is 0.107. The van der Waals surface area contributed by atoms with Crippen molar-refractivity contribution in [3.05, 3.63) is 154 Å². The van der Waals surface area contributed by atoms with Crippen molar-refractivity contribution in [2.75, 3.05) is 9.80 Å². The molecule has 4 aliphatic rings. The molecule has 10 rings (SSSR count). The summed E-state index contributed by atoms with van der Waals surface area (Å²) in [5.41, 5.74) is 18.5. The summed E-state index contributed by atoms with van der Waals surface area (Å²) < 4.78 is 0. The smallest absolute Gasteiger partial charge is 0.0582 e. The van der Waals surface area contributed by atoms with Crippen LogP contribution in [-0.2, 0) is 21.7 Å². The van der Waals surface area contributed by atoms with E-state index in [1.807, 2.05) is 0 Å². The third-order valence-corrected chi connectivity index (χ3v) is 12.8. The van der Waals surface area contributed by atoms with E-state index in [9.17, 15) is 0 Å². The monoisotopic (exact) mass is 622 g/mol. The molecule has 48 heavy (non-hydrogen) atoms. The van der Waals surface area contributed by atoms with Crippen LogP contribution in [0.5, 0.6) is 0 Å². The van der Waals surface area contributed by atoms with Crippen LogP contribution in [0.15, 0.2) is 109 Å². The van der Waals surface area contributed by atoms with Crippen LogP contribution >= 0.6 is 0 Å². The van der Waals surface area contributed by atoms with Crippen molar-refractivity contribution >= 4 is 44.9 Å². The summed E-state index contributed by atoms with van der Waals surface area (Å²) in [5.74, 6) is 0. The highest BCUT2D eigenvalue weighted by molar-refractivity contribution is 6.13. The first-order chi connectivity index (χ1) is 22.9. The third kappa shape index (κ3) is 3.07. The average molecular weight is 623 g/mol. The lowest BCUT2D eigenvalue weighted by Crippen LogP contribution is -2.39. The fraction of sp³-hybridized carbons (Fsp3) is 0.261. The summed E-state index contributed by atoms with van der Waals surface area (Å²) >= 11 is 0. The van der Waals surface area contributed by atoms with Gasteiger partial charge in [0.25, 0.3) is 0 Å². The molecule has 0 fully saturated rings. The topological polar surface area (TPSA) is 6.48 Å². The average Bonchev–Trinajstić information content (AvgIpc) is 3.07. The second kappa shape index (κ2) is 8.60. The standard InChI is InChI=1S/C46H42N2/c1-43(2)29-15-9-11-21-37(29)47-39-27-23-26-36-40(28(27)24-25-35(39)45(5,6)33-19-13-17-31(43)41(33)47)48-38-22-12-10-16-30(38)44(3,4)32-18-14-20-34(42(32)48)46(36,7)8/h9-26H,1-8H3. The fourth-order valence-corrected chi connectivity index (χ4v) is 10.1. The maximum atomic E-state index is 2.63. The number of hydrogen-bond acceptors (Lipinski definition) is 2. The molecule has 6 aromatic rings. The van der Waals surface area contributed by atoms with Gasteiger partial charge in [0.2, 0.25) is 0 Å². The maximum absolute atomic E-state index is 2.63. The zero-order valence-corrected chi connectivity index (χ0v) is 29.3. The zero-order valence-electron chi connectivity index (χ0n) is 29.3. The SMILES string of the molecule is CC1(C)c2ccccc2N2c3c1cccc3C(C)(C)c1ccc3c4c(ccc3c12)C(C)(C)c1cccc2c1N4c1ccccc1C2(C)C. The first-order valence-corrected chi connectivity index (χ1v) is 17.6. The molecule has 4 heterocycles. The van der Waals surface area contributed by atoms with Crippen LogP contribution in [0.2, 0.25) is 0 Å². The summed E-state index contributed by atoms with van der Waals surface area (Å²) in [7, 11) is 0. The van der Waals surface area contributed by atoms with Gasteiger partial charge in [-0.2, -0.15) is 0 Å². The van der Waals surface area contributed by atoms with Crippen molar-refractivity contribution in [3.8, 4) is 0 Å². The van der Waals surface area contributed by atoms with Crippen LogP contribution in [0.3, 0.4) is 0 Å². The molecule has 6 aromatic carbocycles. The molecule has 0 saturated heterocycles. The van der Waals surface area contributed by atoms with E-state index in [1.165, 1.54) is 89.4 Å². The molecule has 0 aliphatic carbocycles. The lowest BCUT2D eigenvalue weighted by molar-refractivity contribution is 0.596. The molecule has 0 bridgehead atoms. The Morgan fingerprint density at radius 3 is 0.958 bits per heavy atom. The first-order valence-electron chi connectivity index (χ1n) is 17.6. The molecule has 2 nitrogen and oxygen atoms in total. The summed E-state index contributed by atoms with van der Waals surface area (Å²) in [4.78, 5) is 5.25. The van der Waals surface area contributed by atoms with Gasteiger partial charge in [0.15, 0.2) is 0 Å². The number of hydrogen-bond donors (Lipinski definition) is 0. The Kier molecular flexibility index (Phi) is 5.06. The van der Waals surface area contributed by atoms with E-state index in [-0.39, 0.29) is 21.7 Å². The lowest BCUT2D eigenvalue weighted by atomic mass is 9.65. The Labute approximate surface area is 284 Å². The number of fused-ring (bicyclic) bond motifs is 11. The normalized spacial score (nSPS) is 19.0. The predicted molar refractivity (Wildman–Crippen MR) is 202 cm³/mol. The second-order valence-corrected chi connectivity index (χ2v) is 16.6. The summed E-state index contributed by atoms with van der Waals surface area (Å²) in [6.45, 7) is 19.3. The molecule has 0 radical (unpaired) electrons. The number of nitrogens with zero attached hydrogens (tertiary/aromatic N) is 2. The van der Waals surface area contributed by atoms with E-state index in [2.05, 4.69) is 174 Å². The van der Waals surface area contributed by atoms with Gasteiger partial charge in [0.05, 0.1) is 34.1 Å². The first kappa shape index (κ1) is 28.2. The fourth-order valence-electron chi connectivity index (χ4n) is 10.1. The predicted octanol–water partition coefficient (Wildman–Crippen LogP) is 12.3. The van der Waals surface area contributed by atoms with Crippen molar-refractivity contribution in [3.63, 3.8) is 0 Å². The molecule has 2 heteroatoms. The number of rotatable bonds is 0. The van der Waals surface area contributed by atoms with Gasteiger partial charge in [-0.1, -0.05) is 152 Å². The van der Waals surface area contributed by atoms with Crippen LogP contribution in [0.4, 0.5) is 34.1 Å². The van der Waals surface area contributed by atoms with E-state index in [0.29, 0.717) is 0 Å². The molecule has 0 saturated carbocycles. The molecule has 0 aromatic heterocycles.